The van der Waals surface area contributed by atoms with Gasteiger partial charge in [0.2, 0.25) is 0 Å². The molecule has 0 bridgehead atoms. The van der Waals surface area contributed by atoms with Crippen molar-refractivity contribution < 1.29 is 9.90 Å². The van der Waals surface area contributed by atoms with Gasteiger partial charge in [0.05, 0.1) is 0 Å². The maximum Gasteiger partial charge on any atom is 0.320 e. The maximum absolute atomic E-state index is 10.5. The van der Waals surface area contributed by atoms with Crippen LogP contribution >= 0.6 is 0 Å². The zero-order chi connectivity index (χ0) is 7.56. The van der Waals surface area contributed by atoms with Crippen LogP contribution in [-0.2, 0) is 4.79 Å². The predicted molar refractivity (Wildman–Crippen MR) is 37.8 cm³/mol. The SMILES string of the molecule is CCNC(C(=O)O)C1CC1. The third-order valence-electron chi connectivity index (χ3n) is 1.78. The number of carboxylic acid groups (broad SMARTS) is 1. The van der Waals surface area contributed by atoms with Gasteiger partial charge in [-0.3, -0.25) is 4.79 Å². The molecule has 1 fully saturated rings. The Balaban J connectivity index is 2.34. The second kappa shape index (κ2) is 3.01. The van der Waals surface area contributed by atoms with E-state index in [1.807, 2.05) is 6.92 Å². The average molecular weight is 143 g/mol. The maximum atomic E-state index is 10.5. The lowest BCUT2D eigenvalue weighted by atomic mass is 10.2. The first-order chi connectivity index (χ1) is 4.75. The molecule has 1 unspecified atom stereocenters. The Kier molecular flexibility index (Phi) is 2.27. The number of hydrogen-bond donors (Lipinski definition) is 2. The van der Waals surface area contributed by atoms with E-state index in [1.165, 1.54) is 0 Å². The van der Waals surface area contributed by atoms with Gasteiger partial charge >= 0.3 is 5.97 Å². The highest BCUT2D eigenvalue weighted by Crippen LogP contribution is 2.32. The zero-order valence-corrected chi connectivity index (χ0v) is 6.13. The molecule has 1 atom stereocenters. The monoisotopic (exact) mass is 143 g/mol. The van der Waals surface area contributed by atoms with E-state index in [2.05, 4.69) is 5.32 Å². The molecule has 0 aromatic rings. The summed E-state index contributed by atoms with van der Waals surface area (Å²) in [6.07, 6.45) is 2.15. The molecule has 0 saturated heterocycles. The normalized spacial score (nSPS) is 20.5. The molecule has 0 spiro atoms. The van der Waals surface area contributed by atoms with E-state index in [0.29, 0.717) is 5.92 Å². The molecule has 58 valence electrons. The molecule has 1 rings (SSSR count). The Morgan fingerprint density at radius 3 is 2.70 bits per heavy atom. The molecule has 0 radical (unpaired) electrons. The summed E-state index contributed by atoms with van der Waals surface area (Å²) in [5.41, 5.74) is 0. The van der Waals surface area contributed by atoms with Crippen LogP contribution < -0.4 is 5.32 Å². The lowest BCUT2D eigenvalue weighted by Crippen LogP contribution is -2.38. The summed E-state index contributed by atoms with van der Waals surface area (Å²) in [6, 6.07) is -0.287. The van der Waals surface area contributed by atoms with E-state index in [4.69, 9.17) is 5.11 Å². The van der Waals surface area contributed by atoms with Gasteiger partial charge in [0.1, 0.15) is 6.04 Å². The van der Waals surface area contributed by atoms with Crippen molar-refractivity contribution in [3.8, 4) is 0 Å². The lowest BCUT2D eigenvalue weighted by molar-refractivity contribution is -0.140. The molecular formula is C7H13NO2. The van der Waals surface area contributed by atoms with Crippen LogP contribution in [0.25, 0.3) is 0 Å². The van der Waals surface area contributed by atoms with Crippen molar-refractivity contribution in [1.82, 2.24) is 5.32 Å². The molecule has 1 aliphatic carbocycles. The minimum Gasteiger partial charge on any atom is -0.480 e. The number of hydrogen-bond acceptors (Lipinski definition) is 2. The molecule has 0 aliphatic heterocycles. The van der Waals surface area contributed by atoms with Crippen molar-refractivity contribution in [3.63, 3.8) is 0 Å². The molecule has 0 amide bonds. The summed E-state index contributed by atoms with van der Waals surface area (Å²) in [5, 5.41) is 11.6. The molecular weight excluding hydrogens is 130 g/mol. The van der Waals surface area contributed by atoms with Gasteiger partial charge in [-0.2, -0.15) is 0 Å². The summed E-state index contributed by atoms with van der Waals surface area (Å²) in [5.74, 6) is -0.304. The summed E-state index contributed by atoms with van der Waals surface area (Å²) in [4.78, 5) is 10.5. The van der Waals surface area contributed by atoms with Gasteiger partial charge in [-0.25, -0.2) is 0 Å². The van der Waals surface area contributed by atoms with Crippen LogP contribution in [-0.4, -0.2) is 23.7 Å². The third-order valence-corrected chi connectivity index (χ3v) is 1.78. The van der Waals surface area contributed by atoms with E-state index in [1.54, 1.807) is 0 Å². The molecule has 0 aromatic carbocycles. The smallest absolute Gasteiger partial charge is 0.320 e. The largest absolute Gasteiger partial charge is 0.480 e. The first-order valence-electron chi connectivity index (χ1n) is 3.72. The summed E-state index contributed by atoms with van der Waals surface area (Å²) < 4.78 is 0. The molecule has 2 N–H and O–H groups in total. The molecule has 3 nitrogen and oxygen atoms in total. The molecule has 0 heterocycles. The van der Waals surface area contributed by atoms with Crippen molar-refractivity contribution in [3.05, 3.63) is 0 Å². The fourth-order valence-electron chi connectivity index (χ4n) is 1.11. The van der Waals surface area contributed by atoms with E-state index < -0.39 is 5.97 Å². The standard InChI is InChI=1S/C7H13NO2/c1-2-8-6(7(9)10)5-3-4-5/h5-6,8H,2-4H2,1H3,(H,9,10). The molecule has 10 heavy (non-hydrogen) atoms. The number of carboxylic acids is 1. The van der Waals surface area contributed by atoms with Gasteiger partial charge in [0.25, 0.3) is 0 Å². The van der Waals surface area contributed by atoms with E-state index in [-0.39, 0.29) is 6.04 Å². The highest BCUT2D eigenvalue weighted by molar-refractivity contribution is 5.74. The van der Waals surface area contributed by atoms with E-state index in [9.17, 15) is 4.79 Å². The van der Waals surface area contributed by atoms with Gasteiger partial charge in [0.15, 0.2) is 0 Å². The summed E-state index contributed by atoms with van der Waals surface area (Å²) in [7, 11) is 0. The molecule has 3 heteroatoms. The van der Waals surface area contributed by atoms with Crippen molar-refractivity contribution in [2.75, 3.05) is 6.54 Å². The van der Waals surface area contributed by atoms with Crippen LogP contribution in [0.5, 0.6) is 0 Å². The van der Waals surface area contributed by atoms with Gasteiger partial charge in [-0.15, -0.1) is 0 Å². The quantitative estimate of drug-likeness (QED) is 0.601. The van der Waals surface area contributed by atoms with Crippen molar-refractivity contribution in [2.24, 2.45) is 5.92 Å². The van der Waals surface area contributed by atoms with Crippen LogP contribution in [0.4, 0.5) is 0 Å². The summed E-state index contributed by atoms with van der Waals surface area (Å²) >= 11 is 0. The number of rotatable bonds is 4. The van der Waals surface area contributed by atoms with Crippen molar-refractivity contribution >= 4 is 5.97 Å². The Bertz CT molecular complexity index is 132. The van der Waals surface area contributed by atoms with Crippen molar-refractivity contribution in [1.29, 1.82) is 0 Å². The first kappa shape index (κ1) is 7.54. The van der Waals surface area contributed by atoms with Gasteiger partial charge in [0, 0.05) is 0 Å². The number of likely N-dealkylation sites (N-methyl/N-ethyl adjacent to an activating group) is 1. The molecule has 1 aliphatic rings. The van der Waals surface area contributed by atoms with Crippen LogP contribution in [0.2, 0.25) is 0 Å². The second-order valence-corrected chi connectivity index (χ2v) is 2.71. The van der Waals surface area contributed by atoms with E-state index >= 15 is 0 Å². The van der Waals surface area contributed by atoms with Gasteiger partial charge < -0.3 is 10.4 Å². The molecule has 0 aromatic heterocycles. The highest BCUT2D eigenvalue weighted by Gasteiger charge is 2.35. The zero-order valence-electron chi connectivity index (χ0n) is 6.13. The lowest BCUT2D eigenvalue weighted by Gasteiger charge is -2.10. The minimum atomic E-state index is -0.704. The van der Waals surface area contributed by atoms with Gasteiger partial charge in [-0.05, 0) is 25.3 Å². The van der Waals surface area contributed by atoms with Crippen molar-refractivity contribution in [2.45, 2.75) is 25.8 Å². The number of nitrogens with one attached hydrogen (secondary N) is 1. The average Bonchev–Trinajstić information content (AvgIpc) is 2.63. The minimum absolute atomic E-state index is 0.287. The third kappa shape index (κ3) is 1.70. The van der Waals surface area contributed by atoms with Crippen LogP contribution in [0.1, 0.15) is 19.8 Å². The Labute approximate surface area is 60.4 Å². The Hall–Kier alpha value is -0.570. The number of carbonyl (C=O) groups is 1. The topological polar surface area (TPSA) is 49.3 Å². The summed E-state index contributed by atoms with van der Waals surface area (Å²) in [6.45, 7) is 2.67. The van der Waals surface area contributed by atoms with E-state index in [0.717, 1.165) is 19.4 Å². The number of aliphatic carboxylic acids is 1. The fraction of sp³-hybridized carbons (Fsp3) is 0.857. The van der Waals surface area contributed by atoms with Crippen LogP contribution in [0.3, 0.4) is 0 Å². The Morgan fingerprint density at radius 1 is 1.80 bits per heavy atom. The second-order valence-electron chi connectivity index (χ2n) is 2.71. The fourth-order valence-corrected chi connectivity index (χ4v) is 1.11. The first-order valence-corrected chi connectivity index (χ1v) is 3.72. The predicted octanol–water partition coefficient (Wildman–Crippen LogP) is 0.459. The Morgan fingerprint density at radius 2 is 2.40 bits per heavy atom. The molecule has 1 saturated carbocycles. The highest BCUT2D eigenvalue weighted by atomic mass is 16.4. The van der Waals surface area contributed by atoms with Crippen LogP contribution in [0.15, 0.2) is 0 Å². The van der Waals surface area contributed by atoms with Gasteiger partial charge in [-0.1, -0.05) is 6.92 Å². The van der Waals surface area contributed by atoms with Crippen LogP contribution in [0, 0.1) is 5.92 Å².